The van der Waals surface area contributed by atoms with Crippen LogP contribution in [0.15, 0.2) is 55.3 Å². The lowest BCUT2D eigenvalue weighted by atomic mass is 10.1. The smallest absolute Gasteiger partial charge is 0.251 e. The van der Waals surface area contributed by atoms with Crippen molar-refractivity contribution >= 4 is 11.8 Å². The summed E-state index contributed by atoms with van der Waals surface area (Å²) in [6, 6.07) is 11.5. The van der Waals surface area contributed by atoms with Gasteiger partial charge in [-0.1, -0.05) is 12.6 Å². The van der Waals surface area contributed by atoms with E-state index in [0.717, 1.165) is 24.3 Å². The molecule has 0 bridgehead atoms. The minimum Gasteiger partial charge on any atom is -0.484 e. The van der Waals surface area contributed by atoms with Crippen molar-refractivity contribution in [2.45, 2.75) is 37.8 Å². The highest BCUT2D eigenvalue weighted by Gasteiger charge is 2.29. The lowest BCUT2D eigenvalue weighted by molar-refractivity contribution is -0.130. The Morgan fingerprint density at radius 1 is 1.21 bits per heavy atom. The minimum absolute atomic E-state index is 0.0222. The molecule has 1 saturated carbocycles. The molecular weight excluding hydrogens is 416 g/mol. The monoisotopic (exact) mass is 448 g/mol. The van der Waals surface area contributed by atoms with E-state index in [1.54, 1.807) is 19.2 Å². The molecule has 174 valence electrons. The van der Waals surface area contributed by atoms with Gasteiger partial charge in [-0.3, -0.25) is 19.5 Å². The first-order valence-electron chi connectivity index (χ1n) is 11.6. The third-order valence-corrected chi connectivity index (χ3v) is 6.39. The van der Waals surface area contributed by atoms with Crippen molar-refractivity contribution in [3.63, 3.8) is 0 Å². The molecule has 0 unspecified atom stereocenters. The summed E-state index contributed by atoms with van der Waals surface area (Å²) in [4.78, 5) is 32.8. The molecule has 33 heavy (non-hydrogen) atoms. The number of nitrogens with one attached hydrogen (secondary N) is 1. The number of rotatable bonds is 8. The van der Waals surface area contributed by atoms with Crippen LogP contribution in [0.5, 0.6) is 5.75 Å². The molecule has 1 aromatic heterocycles. The van der Waals surface area contributed by atoms with Crippen molar-refractivity contribution in [2.75, 3.05) is 33.2 Å². The molecule has 1 saturated heterocycles. The fourth-order valence-corrected chi connectivity index (χ4v) is 4.31. The van der Waals surface area contributed by atoms with Gasteiger partial charge >= 0.3 is 0 Å². The highest BCUT2D eigenvalue weighted by atomic mass is 16.5. The van der Waals surface area contributed by atoms with Crippen LogP contribution in [0.25, 0.3) is 0 Å². The maximum Gasteiger partial charge on any atom is 0.251 e. The first-order chi connectivity index (χ1) is 16.0. The summed E-state index contributed by atoms with van der Waals surface area (Å²) >= 11 is 0. The molecule has 1 aliphatic carbocycles. The Morgan fingerprint density at radius 3 is 2.55 bits per heavy atom. The van der Waals surface area contributed by atoms with Crippen LogP contribution in [-0.2, 0) is 4.79 Å². The molecule has 7 nitrogen and oxygen atoms in total. The van der Waals surface area contributed by atoms with Crippen molar-refractivity contribution in [1.82, 2.24) is 20.1 Å². The topological polar surface area (TPSA) is 74.8 Å². The van der Waals surface area contributed by atoms with Gasteiger partial charge in [0.15, 0.2) is 0 Å². The number of carbonyl (C=O) groups excluding carboxylic acids is 2. The number of hydrogen-bond donors (Lipinski definition) is 1. The lowest BCUT2D eigenvalue weighted by Crippen LogP contribution is -2.54. The molecule has 2 atom stereocenters. The van der Waals surface area contributed by atoms with E-state index in [1.165, 1.54) is 18.9 Å². The molecule has 4 rings (SSSR count). The Balaban J connectivity index is 1.49. The average molecular weight is 449 g/mol. The maximum absolute atomic E-state index is 12.1. The Hall–Kier alpha value is -3.19. The number of amides is 2. The van der Waals surface area contributed by atoms with Crippen LogP contribution in [0.3, 0.4) is 0 Å². The summed E-state index contributed by atoms with van der Waals surface area (Å²) in [6.45, 7) is 8.56. The van der Waals surface area contributed by atoms with Crippen LogP contribution in [0.4, 0.5) is 0 Å². The lowest BCUT2D eigenvalue weighted by Gasteiger charge is -2.40. The van der Waals surface area contributed by atoms with E-state index in [1.807, 2.05) is 23.2 Å². The number of ether oxygens (including phenoxy) is 1. The van der Waals surface area contributed by atoms with Crippen LogP contribution in [0.1, 0.15) is 53.4 Å². The van der Waals surface area contributed by atoms with E-state index in [9.17, 15) is 9.59 Å². The molecule has 7 heteroatoms. The van der Waals surface area contributed by atoms with Crippen molar-refractivity contribution in [3.05, 3.63) is 72.1 Å². The van der Waals surface area contributed by atoms with E-state index >= 15 is 0 Å². The molecule has 0 spiro atoms. The first kappa shape index (κ1) is 23.0. The van der Waals surface area contributed by atoms with Gasteiger partial charge in [-0.2, -0.15) is 0 Å². The molecule has 2 fully saturated rings. The number of pyridine rings is 1. The highest BCUT2D eigenvalue weighted by molar-refractivity contribution is 5.94. The molecule has 2 amide bonds. The zero-order valence-electron chi connectivity index (χ0n) is 19.4. The van der Waals surface area contributed by atoms with Crippen LogP contribution in [-0.4, -0.2) is 65.9 Å². The second-order valence-corrected chi connectivity index (χ2v) is 8.85. The fourth-order valence-electron chi connectivity index (χ4n) is 4.31. The van der Waals surface area contributed by atoms with E-state index < -0.39 is 0 Å². The van der Waals surface area contributed by atoms with Crippen LogP contribution < -0.4 is 10.1 Å². The standard InChI is InChI=1S/C26H32N4O3/c1-4-25(31)30-14-13-29(16-18(30)2)17-24(21-9-12-23(28-15-21)19-5-6-19)33-22-10-7-20(8-11-22)26(32)27-3/h4,7-12,15,18-19,24H,1,5-6,13-14,16-17H2,2-3H3,(H,27,32)/t18-,24-/m1/s1. The fraction of sp³-hybridized carbons (Fsp3) is 0.423. The summed E-state index contributed by atoms with van der Waals surface area (Å²) in [5.41, 5.74) is 2.76. The number of benzene rings is 1. The molecule has 2 aliphatic rings. The molecule has 0 radical (unpaired) electrons. The van der Waals surface area contributed by atoms with Crippen molar-refractivity contribution in [1.29, 1.82) is 0 Å². The third kappa shape index (κ3) is 5.60. The normalized spacial score (nSPS) is 19.6. The quantitative estimate of drug-likeness (QED) is 0.628. The number of piperazine rings is 1. The Morgan fingerprint density at radius 2 is 1.97 bits per heavy atom. The zero-order chi connectivity index (χ0) is 23.4. The number of carbonyl (C=O) groups is 2. The third-order valence-electron chi connectivity index (χ3n) is 6.39. The number of nitrogens with zero attached hydrogens (tertiary/aromatic N) is 3. The summed E-state index contributed by atoms with van der Waals surface area (Å²) in [6.07, 6.45) is 5.53. The van der Waals surface area contributed by atoms with Gasteiger partial charge in [-0.25, -0.2) is 0 Å². The predicted octanol–water partition coefficient (Wildman–Crippen LogP) is 3.16. The second-order valence-electron chi connectivity index (χ2n) is 8.85. The Bertz CT molecular complexity index is 986. The summed E-state index contributed by atoms with van der Waals surface area (Å²) in [5.74, 6) is 1.16. The SMILES string of the molecule is C=CC(=O)N1CCN(C[C@@H](Oc2ccc(C(=O)NC)cc2)c2ccc(C3CC3)nc2)C[C@H]1C. The summed E-state index contributed by atoms with van der Waals surface area (Å²) in [5, 5.41) is 2.63. The molecule has 1 aliphatic heterocycles. The van der Waals surface area contributed by atoms with Gasteiger partial charge in [0.2, 0.25) is 5.91 Å². The van der Waals surface area contributed by atoms with Crippen molar-refractivity contribution < 1.29 is 14.3 Å². The molecule has 1 aromatic carbocycles. The van der Waals surface area contributed by atoms with Crippen molar-refractivity contribution in [2.24, 2.45) is 0 Å². The van der Waals surface area contributed by atoms with Gasteiger partial charge in [0.25, 0.3) is 5.91 Å². The first-order valence-corrected chi connectivity index (χ1v) is 11.6. The van der Waals surface area contributed by atoms with Gasteiger partial charge in [0.05, 0.1) is 0 Å². The van der Waals surface area contributed by atoms with E-state index in [4.69, 9.17) is 9.72 Å². The predicted molar refractivity (Wildman–Crippen MR) is 127 cm³/mol. The zero-order valence-corrected chi connectivity index (χ0v) is 19.4. The second kappa shape index (κ2) is 10.2. The van der Waals surface area contributed by atoms with E-state index in [-0.39, 0.29) is 24.0 Å². The number of hydrogen-bond acceptors (Lipinski definition) is 5. The van der Waals surface area contributed by atoms with Gasteiger partial charge in [0, 0.05) is 68.2 Å². The van der Waals surface area contributed by atoms with Gasteiger partial charge in [0.1, 0.15) is 11.9 Å². The molecule has 2 heterocycles. The molecule has 1 N–H and O–H groups in total. The minimum atomic E-state index is -0.217. The highest BCUT2D eigenvalue weighted by Crippen LogP contribution is 2.39. The Kier molecular flexibility index (Phi) is 7.08. The molecule has 2 aromatic rings. The van der Waals surface area contributed by atoms with Crippen LogP contribution >= 0.6 is 0 Å². The van der Waals surface area contributed by atoms with Crippen LogP contribution in [0.2, 0.25) is 0 Å². The summed E-state index contributed by atoms with van der Waals surface area (Å²) in [7, 11) is 1.62. The van der Waals surface area contributed by atoms with Gasteiger partial charge in [-0.15, -0.1) is 0 Å². The van der Waals surface area contributed by atoms with E-state index in [2.05, 4.69) is 35.9 Å². The van der Waals surface area contributed by atoms with Gasteiger partial charge < -0.3 is 15.0 Å². The average Bonchev–Trinajstić information content (AvgIpc) is 3.69. The largest absolute Gasteiger partial charge is 0.484 e. The number of aromatic nitrogens is 1. The van der Waals surface area contributed by atoms with Crippen molar-refractivity contribution in [3.8, 4) is 5.75 Å². The van der Waals surface area contributed by atoms with Crippen LogP contribution in [0, 0.1) is 0 Å². The molecular formula is C26H32N4O3. The Labute approximate surface area is 195 Å². The van der Waals surface area contributed by atoms with Gasteiger partial charge in [-0.05, 0) is 56.2 Å². The summed E-state index contributed by atoms with van der Waals surface area (Å²) < 4.78 is 6.41. The maximum atomic E-state index is 12.1. The van der Waals surface area contributed by atoms with E-state index in [0.29, 0.717) is 30.3 Å².